The second kappa shape index (κ2) is 13.8. The van der Waals surface area contributed by atoms with Crippen molar-refractivity contribution in [1.29, 1.82) is 0 Å². The van der Waals surface area contributed by atoms with E-state index in [9.17, 15) is 14.4 Å². The second-order valence-corrected chi connectivity index (χ2v) is 12.0. The highest BCUT2D eigenvalue weighted by Crippen LogP contribution is 2.30. The number of rotatable bonds is 10. The minimum Gasteiger partial charge on any atom is -0.371 e. The summed E-state index contributed by atoms with van der Waals surface area (Å²) >= 11 is 0. The van der Waals surface area contributed by atoms with Gasteiger partial charge in [-0.2, -0.15) is 0 Å². The number of benzene rings is 2. The third-order valence-electron chi connectivity index (χ3n) is 8.85. The number of nitrogens with one attached hydrogen (secondary N) is 2. The first-order valence-electron chi connectivity index (χ1n) is 15.3. The number of aromatic nitrogens is 1. The molecule has 2 aliphatic rings. The number of carbonyl (C=O) groups is 3. The van der Waals surface area contributed by atoms with Gasteiger partial charge in [0.2, 0.25) is 0 Å². The number of nitrogens with zero attached hydrogens (tertiary/aromatic N) is 2. The molecule has 2 heterocycles. The molecule has 2 fully saturated rings. The lowest BCUT2D eigenvalue weighted by atomic mass is 9.85. The topological polar surface area (TPSA) is 105 Å². The zero-order chi connectivity index (χ0) is 29.5. The van der Waals surface area contributed by atoms with Crippen LogP contribution in [0.4, 0.5) is 11.4 Å². The summed E-state index contributed by atoms with van der Waals surface area (Å²) < 4.78 is 4.98. The standard InChI is InChI=1S/C34H42N4O4/c1-23-7-3-4-11-32(23)38-17-14-26(15-18-38)19-27-12-13-28(21-31(27)36-34(41)30-22-42-37-24(30)2)33(40)35-16-6-9-25-8-5-10-29(39)20-25/h3-4,7,11-13,21-22,25-26H,5-6,8-10,14-20H2,1-2H3,(H,35,40)(H,36,41). The summed E-state index contributed by atoms with van der Waals surface area (Å²) in [6, 6.07) is 14.1. The molecule has 1 atom stereocenters. The lowest BCUT2D eigenvalue weighted by Crippen LogP contribution is -2.34. The average Bonchev–Trinajstić information content (AvgIpc) is 3.43. The summed E-state index contributed by atoms with van der Waals surface area (Å²) in [4.78, 5) is 40.3. The predicted octanol–water partition coefficient (Wildman–Crippen LogP) is 6.27. The Hall–Kier alpha value is -3.94. The van der Waals surface area contributed by atoms with E-state index in [0.717, 1.165) is 63.6 Å². The van der Waals surface area contributed by atoms with Gasteiger partial charge in [-0.05, 0) is 100.0 Å². The molecule has 8 heteroatoms. The third kappa shape index (κ3) is 7.46. The van der Waals surface area contributed by atoms with Gasteiger partial charge in [-0.1, -0.05) is 29.4 Å². The average molecular weight is 571 g/mol. The molecule has 5 rings (SSSR count). The largest absolute Gasteiger partial charge is 0.371 e. The maximum absolute atomic E-state index is 13.1. The van der Waals surface area contributed by atoms with Crippen LogP contribution >= 0.6 is 0 Å². The molecule has 1 saturated heterocycles. The number of hydrogen-bond acceptors (Lipinski definition) is 6. The molecule has 0 spiro atoms. The van der Waals surface area contributed by atoms with E-state index >= 15 is 0 Å². The van der Waals surface area contributed by atoms with Crippen LogP contribution in [0.5, 0.6) is 0 Å². The Morgan fingerprint density at radius 1 is 1.02 bits per heavy atom. The Labute approximate surface area is 248 Å². The number of aryl methyl sites for hydroxylation is 2. The summed E-state index contributed by atoms with van der Waals surface area (Å²) in [6.45, 7) is 6.43. The fourth-order valence-electron chi connectivity index (χ4n) is 6.37. The van der Waals surface area contributed by atoms with Crippen LogP contribution in [-0.4, -0.2) is 42.4 Å². The monoisotopic (exact) mass is 570 g/mol. The minimum atomic E-state index is -0.302. The predicted molar refractivity (Wildman–Crippen MR) is 164 cm³/mol. The molecule has 2 amide bonds. The van der Waals surface area contributed by atoms with Crippen LogP contribution < -0.4 is 15.5 Å². The molecule has 2 aromatic carbocycles. The molecule has 1 aromatic heterocycles. The van der Waals surface area contributed by atoms with Crippen LogP contribution in [-0.2, 0) is 11.2 Å². The number of piperidine rings is 1. The number of carbonyl (C=O) groups excluding carboxylic acids is 3. The van der Waals surface area contributed by atoms with Crippen molar-refractivity contribution in [3.63, 3.8) is 0 Å². The number of Topliss-reactive ketones (excluding diaryl/α,β-unsaturated/α-hetero) is 1. The van der Waals surface area contributed by atoms with Crippen LogP contribution in [0, 0.1) is 25.7 Å². The number of amides is 2. The molecule has 1 aliphatic carbocycles. The van der Waals surface area contributed by atoms with Crippen molar-refractivity contribution in [1.82, 2.24) is 10.5 Å². The van der Waals surface area contributed by atoms with E-state index in [1.807, 2.05) is 12.1 Å². The van der Waals surface area contributed by atoms with Crippen LogP contribution in [0.25, 0.3) is 0 Å². The number of para-hydroxylation sites is 1. The van der Waals surface area contributed by atoms with Crippen molar-refractivity contribution in [3.05, 3.63) is 76.7 Å². The molecule has 0 bridgehead atoms. The smallest absolute Gasteiger partial charge is 0.260 e. The van der Waals surface area contributed by atoms with E-state index in [4.69, 9.17) is 4.52 Å². The highest BCUT2D eigenvalue weighted by molar-refractivity contribution is 6.06. The van der Waals surface area contributed by atoms with Crippen LogP contribution in [0.15, 0.2) is 53.3 Å². The second-order valence-electron chi connectivity index (χ2n) is 12.0. The van der Waals surface area contributed by atoms with E-state index in [1.54, 1.807) is 13.0 Å². The van der Waals surface area contributed by atoms with Crippen molar-refractivity contribution < 1.29 is 18.9 Å². The molecule has 1 saturated carbocycles. The molecular formula is C34H42N4O4. The van der Waals surface area contributed by atoms with E-state index < -0.39 is 0 Å². The Bertz CT molecular complexity index is 1410. The molecule has 8 nitrogen and oxygen atoms in total. The molecule has 0 radical (unpaired) electrons. The summed E-state index contributed by atoms with van der Waals surface area (Å²) in [6.07, 6.45) is 9.55. The highest BCUT2D eigenvalue weighted by atomic mass is 16.5. The van der Waals surface area contributed by atoms with Crippen molar-refractivity contribution in [2.75, 3.05) is 29.9 Å². The minimum absolute atomic E-state index is 0.163. The first-order chi connectivity index (χ1) is 20.4. The van der Waals surface area contributed by atoms with Crippen molar-refractivity contribution in [2.45, 2.75) is 71.6 Å². The lowest BCUT2D eigenvalue weighted by Gasteiger charge is -2.34. The Balaban J connectivity index is 1.23. The third-order valence-corrected chi connectivity index (χ3v) is 8.85. The summed E-state index contributed by atoms with van der Waals surface area (Å²) in [5, 5.41) is 9.90. The molecule has 3 aromatic rings. The van der Waals surface area contributed by atoms with Gasteiger partial charge in [0.05, 0.1) is 5.69 Å². The van der Waals surface area contributed by atoms with Gasteiger partial charge in [0, 0.05) is 49.4 Å². The van der Waals surface area contributed by atoms with Gasteiger partial charge in [-0.15, -0.1) is 0 Å². The first-order valence-corrected chi connectivity index (χ1v) is 15.3. The van der Waals surface area contributed by atoms with Crippen LogP contribution in [0.2, 0.25) is 0 Å². The molecular weight excluding hydrogens is 528 g/mol. The fourth-order valence-corrected chi connectivity index (χ4v) is 6.37. The number of anilines is 2. The summed E-state index contributed by atoms with van der Waals surface area (Å²) in [5.41, 5.74) is 5.67. The van der Waals surface area contributed by atoms with Crippen LogP contribution in [0.3, 0.4) is 0 Å². The van der Waals surface area contributed by atoms with Crippen LogP contribution in [0.1, 0.15) is 88.9 Å². The highest BCUT2D eigenvalue weighted by Gasteiger charge is 2.23. The number of ketones is 1. The first kappa shape index (κ1) is 29.5. The van der Waals surface area contributed by atoms with Gasteiger partial charge in [0.15, 0.2) is 0 Å². The Morgan fingerprint density at radius 2 is 1.83 bits per heavy atom. The van der Waals surface area contributed by atoms with Gasteiger partial charge in [-0.25, -0.2) is 0 Å². The van der Waals surface area contributed by atoms with Gasteiger partial charge in [0.25, 0.3) is 11.8 Å². The normalized spacial score (nSPS) is 17.7. The Morgan fingerprint density at radius 3 is 2.57 bits per heavy atom. The van der Waals surface area contributed by atoms with E-state index in [-0.39, 0.29) is 11.8 Å². The van der Waals surface area contributed by atoms with Gasteiger partial charge in [-0.3, -0.25) is 14.4 Å². The van der Waals surface area contributed by atoms with E-state index in [1.165, 1.54) is 17.5 Å². The van der Waals surface area contributed by atoms with Crippen molar-refractivity contribution >= 4 is 29.0 Å². The maximum atomic E-state index is 13.1. The van der Waals surface area contributed by atoms with E-state index in [0.29, 0.717) is 59.5 Å². The summed E-state index contributed by atoms with van der Waals surface area (Å²) in [7, 11) is 0. The van der Waals surface area contributed by atoms with Crippen molar-refractivity contribution in [2.24, 2.45) is 11.8 Å². The summed E-state index contributed by atoms with van der Waals surface area (Å²) in [5.74, 6) is 0.815. The Kier molecular flexibility index (Phi) is 9.72. The number of hydrogen-bond donors (Lipinski definition) is 2. The molecule has 1 unspecified atom stereocenters. The molecule has 42 heavy (non-hydrogen) atoms. The molecule has 1 aliphatic heterocycles. The lowest BCUT2D eigenvalue weighted by molar-refractivity contribution is -0.121. The quantitative estimate of drug-likeness (QED) is 0.278. The van der Waals surface area contributed by atoms with Crippen molar-refractivity contribution in [3.8, 4) is 0 Å². The molecule has 2 N–H and O–H groups in total. The fraction of sp³-hybridized carbons (Fsp3) is 0.471. The molecule has 222 valence electrons. The zero-order valence-electron chi connectivity index (χ0n) is 24.8. The SMILES string of the molecule is Cc1ccccc1N1CCC(Cc2ccc(C(=O)NCCCC3CCCC(=O)C3)cc2NC(=O)c2conc2C)CC1. The zero-order valence-corrected chi connectivity index (χ0v) is 24.8. The van der Waals surface area contributed by atoms with Gasteiger partial charge < -0.3 is 20.1 Å². The van der Waals surface area contributed by atoms with E-state index in [2.05, 4.69) is 51.9 Å². The van der Waals surface area contributed by atoms with Gasteiger partial charge >= 0.3 is 0 Å². The maximum Gasteiger partial charge on any atom is 0.260 e. The van der Waals surface area contributed by atoms with Gasteiger partial charge in [0.1, 0.15) is 17.6 Å².